The van der Waals surface area contributed by atoms with Gasteiger partial charge in [0.1, 0.15) is 23.8 Å². The van der Waals surface area contributed by atoms with Gasteiger partial charge in [-0.15, -0.1) is 11.8 Å². The zero-order valence-electron chi connectivity index (χ0n) is 16.0. The Morgan fingerprint density at radius 2 is 1.80 bits per heavy atom. The number of esters is 1. The number of hydrogen-bond acceptors (Lipinski definition) is 7. The Labute approximate surface area is 177 Å². The number of thioether (sulfide) groups is 1. The zero-order chi connectivity index (χ0) is 20.9. The number of amides is 2. The number of β-lactam (4-membered cyclic amide) rings is 1. The molecule has 0 aliphatic carbocycles. The first-order chi connectivity index (χ1) is 14.6. The molecule has 2 N–H and O–H groups in total. The minimum Gasteiger partial charge on any atom is -0.484 e. The Morgan fingerprint density at radius 3 is 2.53 bits per heavy atom. The summed E-state index contributed by atoms with van der Waals surface area (Å²) in [5.41, 5.74) is 0.867. The van der Waals surface area contributed by atoms with Crippen molar-refractivity contribution >= 4 is 29.5 Å². The molecule has 2 aliphatic heterocycles. The van der Waals surface area contributed by atoms with E-state index in [-0.39, 0.29) is 30.4 Å². The third-order valence-corrected chi connectivity index (χ3v) is 5.94. The first-order valence-corrected chi connectivity index (χ1v) is 10.5. The number of carbonyl (C=O) groups excluding carboxylic acids is 3. The van der Waals surface area contributed by atoms with Crippen molar-refractivity contribution < 1.29 is 23.9 Å². The molecule has 2 aromatic carbocycles. The van der Waals surface area contributed by atoms with Crippen LogP contribution in [0.4, 0.5) is 0 Å². The number of nitrogens with zero attached hydrogens (tertiary/aromatic N) is 1. The summed E-state index contributed by atoms with van der Waals surface area (Å²) in [4.78, 5) is 38.7. The Morgan fingerprint density at radius 1 is 1.10 bits per heavy atom. The van der Waals surface area contributed by atoms with Crippen molar-refractivity contribution in [2.24, 2.45) is 0 Å². The van der Waals surface area contributed by atoms with E-state index < -0.39 is 18.2 Å². The fourth-order valence-corrected chi connectivity index (χ4v) is 4.45. The number of ether oxygens (including phenoxy) is 2. The SMILES string of the molecule is O=C(COc1ccccc1)NC1C(=O)N2C(C(=O)OCc3ccccc3)NCSC12. The third kappa shape index (κ3) is 4.42. The van der Waals surface area contributed by atoms with E-state index in [1.54, 1.807) is 12.1 Å². The van der Waals surface area contributed by atoms with Gasteiger partial charge < -0.3 is 19.7 Å². The fraction of sp³-hybridized carbons (Fsp3) is 0.286. The van der Waals surface area contributed by atoms with Crippen molar-refractivity contribution in [3.8, 4) is 5.75 Å². The Balaban J connectivity index is 1.29. The van der Waals surface area contributed by atoms with Crippen molar-refractivity contribution in [3.63, 3.8) is 0 Å². The number of benzene rings is 2. The maximum Gasteiger partial charge on any atom is 0.344 e. The van der Waals surface area contributed by atoms with Gasteiger partial charge in [-0.3, -0.25) is 14.9 Å². The van der Waals surface area contributed by atoms with Gasteiger partial charge in [0.2, 0.25) is 0 Å². The molecule has 0 radical (unpaired) electrons. The summed E-state index contributed by atoms with van der Waals surface area (Å²) in [6.07, 6.45) is -0.860. The molecule has 3 unspecified atom stereocenters. The molecule has 0 saturated carbocycles. The number of para-hydroxylation sites is 1. The van der Waals surface area contributed by atoms with Gasteiger partial charge in [0.15, 0.2) is 12.8 Å². The highest BCUT2D eigenvalue weighted by molar-refractivity contribution is 8.00. The molecule has 2 amide bonds. The second-order valence-corrected chi connectivity index (χ2v) is 7.90. The zero-order valence-corrected chi connectivity index (χ0v) is 16.8. The van der Waals surface area contributed by atoms with Crippen molar-refractivity contribution in [2.75, 3.05) is 12.5 Å². The first-order valence-electron chi connectivity index (χ1n) is 9.48. The maximum atomic E-state index is 12.6. The summed E-state index contributed by atoms with van der Waals surface area (Å²) >= 11 is 1.45. The van der Waals surface area contributed by atoms with E-state index in [0.29, 0.717) is 11.6 Å². The van der Waals surface area contributed by atoms with Crippen LogP contribution in [0.15, 0.2) is 60.7 Å². The highest BCUT2D eigenvalue weighted by atomic mass is 32.2. The van der Waals surface area contributed by atoms with E-state index in [0.717, 1.165) is 5.56 Å². The molecule has 2 heterocycles. The molecule has 30 heavy (non-hydrogen) atoms. The quantitative estimate of drug-likeness (QED) is 0.504. The molecular formula is C21H21N3O5S. The lowest BCUT2D eigenvalue weighted by Crippen LogP contribution is -2.77. The van der Waals surface area contributed by atoms with E-state index >= 15 is 0 Å². The van der Waals surface area contributed by atoms with Crippen LogP contribution in [0.1, 0.15) is 5.56 Å². The summed E-state index contributed by atoms with van der Waals surface area (Å²) in [5.74, 6) is -0.193. The van der Waals surface area contributed by atoms with Crippen molar-refractivity contribution in [3.05, 3.63) is 66.2 Å². The number of nitrogens with one attached hydrogen (secondary N) is 2. The topological polar surface area (TPSA) is 97.0 Å². The van der Waals surface area contributed by atoms with Crippen molar-refractivity contribution in [2.45, 2.75) is 24.2 Å². The summed E-state index contributed by atoms with van der Waals surface area (Å²) in [5, 5.41) is 5.37. The number of rotatable bonds is 7. The number of hydrogen-bond donors (Lipinski definition) is 2. The average Bonchev–Trinajstić information content (AvgIpc) is 2.80. The average molecular weight is 427 g/mol. The van der Waals surface area contributed by atoms with Crippen LogP contribution in [0, 0.1) is 0 Å². The molecule has 2 aromatic rings. The molecule has 4 rings (SSSR count). The molecule has 0 bridgehead atoms. The normalized spacial score (nSPS) is 22.5. The number of fused-ring (bicyclic) bond motifs is 1. The predicted octanol–water partition coefficient (Wildman–Crippen LogP) is 1.08. The smallest absolute Gasteiger partial charge is 0.344 e. The molecule has 0 spiro atoms. The predicted molar refractivity (Wildman–Crippen MR) is 110 cm³/mol. The lowest BCUT2D eigenvalue weighted by Gasteiger charge is -2.52. The molecule has 2 aliphatic rings. The van der Waals surface area contributed by atoms with E-state index in [1.165, 1.54) is 16.7 Å². The van der Waals surface area contributed by atoms with Gasteiger partial charge in [0.05, 0.1) is 0 Å². The molecule has 8 nitrogen and oxygen atoms in total. The van der Waals surface area contributed by atoms with Gasteiger partial charge in [0.25, 0.3) is 11.8 Å². The van der Waals surface area contributed by atoms with E-state index in [4.69, 9.17) is 9.47 Å². The van der Waals surface area contributed by atoms with Crippen molar-refractivity contribution in [1.82, 2.24) is 15.5 Å². The Bertz CT molecular complexity index is 911. The Kier molecular flexibility index (Phi) is 6.20. The van der Waals surface area contributed by atoms with Crippen LogP contribution >= 0.6 is 11.8 Å². The van der Waals surface area contributed by atoms with Crippen LogP contribution in [-0.2, 0) is 25.7 Å². The molecule has 3 atom stereocenters. The van der Waals surface area contributed by atoms with Gasteiger partial charge in [-0.2, -0.15) is 0 Å². The van der Waals surface area contributed by atoms with Crippen LogP contribution in [0.25, 0.3) is 0 Å². The molecule has 0 aromatic heterocycles. The third-order valence-electron chi connectivity index (χ3n) is 4.77. The highest BCUT2D eigenvalue weighted by Crippen LogP contribution is 2.34. The second kappa shape index (κ2) is 9.19. The summed E-state index contributed by atoms with van der Waals surface area (Å²) in [6, 6.07) is 17.6. The fourth-order valence-electron chi connectivity index (χ4n) is 3.27. The lowest BCUT2D eigenvalue weighted by atomic mass is 10.1. The highest BCUT2D eigenvalue weighted by Gasteiger charge is 2.55. The monoisotopic (exact) mass is 427 g/mol. The van der Waals surface area contributed by atoms with E-state index in [9.17, 15) is 14.4 Å². The van der Waals surface area contributed by atoms with Crippen LogP contribution in [0.2, 0.25) is 0 Å². The van der Waals surface area contributed by atoms with Crippen LogP contribution in [-0.4, -0.2) is 52.7 Å². The van der Waals surface area contributed by atoms with Gasteiger partial charge >= 0.3 is 5.97 Å². The van der Waals surface area contributed by atoms with Gasteiger partial charge in [0, 0.05) is 5.88 Å². The van der Waals surface area contributed by atoms with Crippen LogP contribution in [0.5, 0.6) is 5.75 Å². The van der Waals surface area contributed by atoms with E-state index in [2.05, 4.69) is 10.6 Å². The second-order valence-electron chi connectivity index (χ2n) is 6.79. The molecular weight excluding hydrogens is 406 g/mol. The Hall–Kier alpha value is -3.04. The van der Waals surface area contributed by atoms with Crippen LogP contribution in [0.3, 0.4) is 0 Å². The molecule has 156 valence electrons. The van der Waals surface area contributed by atoms with Gasteiger partial charge in [-0.25, -0.2) is 4.79 Å². The van der Waals surface area contributed by atoms with Crippen molar-refractivity contribution in [1.29, 1.82) is 0 Å². The molecule has 2 fully saturated rings. The van der Waals surface area contributed by atoms with Gasteiger partial charge in [-0.1, -0.05) is 48.5 Å². The van der Waals surface area contributed by atoms with Crippen LogP contribution < -0.4 is 15.4 Å². The summed E-state index contributed by atoms with van der Waals surface area (Å²) in [6.45, 7) is -0.0549. The summed E-state index contributed by atoms with van der Waals surface area (Å²) in [7, 11) is 0. The first kappa shape index (κ1) is 20.2. The molecule has 2 saturated heterocycles. The van der Waals surface area contributed by atoms with E-state index in [1.807, 2.05) is 48.5 Å². The minimum absolute atomic E-state index is 0.134. The standard InChI is InChI=1S/C21H21N3O5S/c25-16(12-28-15-9-5-2-6-10-15)23-17-19(26)24-18(22-13-30-20(17)24)21(27)29-11-14-7-3-1-4-8-14/h1-10,17-18,20,22H,11-13H2,(H,23,25). The maximum absolute atomic E-state index is 12.6. The summed E-state index contributed by atoms with van der Waals surface area (Å²) < 4.78 is 10.8. The largest absolute Gasteiger partial charge is 0.484 e. The molecule has 9 heteroatoms. The lowest BCUT2D eigenvalue weighted by molar-refractivity contribution is -0.168. The minimum atomic E-state index is -0.860. The van der Waals surface area contributed by atoms with Gasteiger partial charge in [-0.05, 0) is 17.7 Å². The number of carbonyl (C=O) groups is 3.